The van der Waals surface area contributed by atoms with Crippen LogP contribution in [0.1, 0.15) is 50.7 Å². The molecule has 4 aromatic rings. The minimum absolute atomic E-state index is 0.0382. The molecule has 0 aromatic heterocycles. The molecule has 0 radical (unpaired) electrons. The molecular weight excluding hydrogens is 787 g/mol. The lowest BCUT2D eigenvalue weighted by molar-refractivity contribution is -0.168. The first-order valence-electron chi connectivity index (χ1n) is 21.0. The lowest BCUT2D eigenvalue weighted by atomic mass is 9.88. The summed E-state index contributed by atoms with van der Waals surface area (Å²) in [5.74, 6) is -7.75. The third kappa shape index (κ3) is 13.4. The molecule has 1 aliphatic rings. The number of thiocarbonyl (C=S) groups is 1. The topological polar surface area (TPSA) is 144 Å². The summed E-state index contributed by atoms with van der Waals surface area (Å²) >= 11 is 5.19. The van der Waals surface area contributed by atoms with Gasteiger partial charge in [0.25, 0.3) is 5.91 Å². The van der Waals surface area contributed by atoms with Gasteiger partial charge in [-0.15, -0.1) is 0 Å². The first kappa shape index (κ1) is 46.3. The Morgan fingerprint density at radius 2 is 1.53 bits per heavy atom. The number of ether oxygens (including phenoxy) is 1. The van der Waals surface area contributed by atoms with E-state index in [0.717, 1.165) is 32.7 Å². The number of hydrogen-bond donors (Lipinski definition) is 6. The summed E-state index contributed by atoms with van der Waals surface area (Å²) in [7, 11) is 1.71. The number of nitrogens with one attached hydrogen (secondary N) is 5. The second kappa shape index (κ2) is 22.7. The van der Waals surface area contributed by atoms with Crippen LogP contribution in [-0.2, 0) is 32.0 Å². The number of halogens is 2. The van der Waals surface area contributed by atoms with Gasteiger partial charge in [0.15, 0.2) is 5.11 Å². The normalized spacial score (nSPS) is 15.5. The number of fused-ring (bicyclic) bond motifs is 2. The largest absolute Gasteiger partial charge is 0.384 e. The number of nitrogens with zero attached hydrogens (tertiary/aromatic N) is 1. The van der Waals surface area contributed by atoms with E-state index in [1.807, 2.05) is 83.8 Å². The average Bonchev–Trinajstić information content (AvgIpc) is 3.25. The van der Waals surface area contributed by atoms with E-state index in [-0.39, 0.29) is 31.2 Å². The lowest BCUT2D eigenvalue weighted by Gasteiger charge is -2.32. The molecule has 11 nitrogen and oxygen atoms in total. The fraction of sp³-hybridized carbons (Fsp3) is 0.478. The minimum atomic E-state index is -4.21. The number of unbranched alkanes of at least 4 members (excludes halogenated alkanes) is 1. The maximum atomic E-state index is 15.7. The number of amides is 3. The smallest absolute Gasteiger partial charge is 0.351 e. The Morgan fingerprint density at radius 1 is 0.833 bits per heavy atom. The SMILES string of the molecule is CNC(=S)NCCCCC(NC(=O)C(Cc1ccc2ccccc2c1)Cc1cccc2ccccc12)C(=O)NC(CC(C)C)C(O)C(F)(F)C(=O)NCCN1CCOCC1. The Hall–Kier alpha value is -4.76. The predicted molar refractivity (Wildman–Crippen MR) is 237 cm³/mol. The molecule has 4 aromatic carbocycles. The molecule has 324 valence electrons. The van der Waals surface area contributed by atoms with E-state index in [4.69, 9.17) is 17.0 Å². The molecule has 0 bridgehead atoms. The number of carbonyl (C=O) groups is 3. The highest BCUT2D eigenvalue weighted by atomic mass is 32.1. The standard InChI is InChI=1S/C46H60F2N6O5S/c1-31(2)27-40(41(55)46(47,48)44(58)50-21-22-54-23-25-59-26-24-54)53-43(57)39(17-8-9-20-51-45(60)49-3)52-42(56)37(29-32-18-19-33-11-4-5-13-35(33)28-32)30-36-15-10-14-34-12-6-7-16-38(34)36/h4-7,10-16,18-19,28,31,37,39-41,55H,8-9,17,20-27,29-30H2,1-3H3,(H,50,58)(H,52,56)(H,53,57)(H2,49,51,60). The number of aliphatic hydroxyl groups excluding tert-OH is 1. The van der Waals surface area contributed by atoms with E-state index in [1.54, 1.807) is 20.9 Å². The fourth-order valence-electron chi connectivity index (χ4n) is 7.68. The van der Waals surface area contributed by atoms with Crippen molar-refractivity contribution in [3.8, 4) is 0 Å². The molecule has 1 saturated heterocycles. The average molecular weight is 847 g/mol. The zero-order valence-corrected chi connectivity index (χ0v) is 35.7. The Balaban J connectivity index is 1.37. The Labute approximate surface area is 357 Å². The maximum Gasteiger partial charge on any atom is 0.351 e. The number of morpholine rings is 1. The van der Waals surface area contributed by atoms with Gasteiger partial charge in [-0.1, -0.05) is 98.8 Å². The summed E-state index contributed by atoms with van der Waals surface area (Å²) in [6.07, 6.45) is -0.550. The van der Waals surface area contributed by atoms with Gasteiger partial charge in [-0.2, -0.15) is 8.78 Å². The number of alkyl halides is 2. The summed E-state index contributed by atoms with van der Waals surface area (Å²) < 4.78 is 36.7. The number of benzene rings is 4. The molecule has 1 fully saturated rings. The number of carbonyl (C=O) groups excluding carboxylic acids is 3. The monoisotopic (exact) mass is 846 g/mol. The van der Waals surface area contributed by atoms with Crippen LogP contribution in [0, 0.1) is 11.8 Å². The second-order valence-electron chi connectivity index (χ2n) is 16.0. The van der Waals surface area contributed by atoms with Crippen LogP contribution in [0.15, 0.2) is 84.9 Å². The van der Waals surface area contributed by atoms with Crippen LogP contribution in [-0.4, -0.2) is 110 Å². The van der Waals surface area contributed by atoms with Crippen LogP contribution in [0.25, 0.3) is 21.5 Å². The molecule has 0 spiro atoms. The van der Waals surface area contributed by atoms with Gasteiger partial charge in [0.1, 0.15) is 12.1 Å². The summed E-state index contributed by atoms with van der Waals surface area (Å²) in [6.45, 7) is 6.68. The first-order valence-corrected chi connectivity index (χ1v) is 21.4. The van der Waals surface area contributed by atoms with Gasteiger partial charge in [-0.05, 0) is 89.3 Å². The number of rotatable bonds is 21. The van der Waals surface area contributed by atoms with Crippen molar-refractivity contribution in [2.75, 3.05) is 53.0 Å². The van der Waals surface area contributed by atoms with Crippen molar-refractivity contribution in [2.24, 2.45) is 11.8 Å². The van der Waals surface area contributed by atoms with Gasteiger partial charge in [0, 0.05) is 45.7 Å². The summed E-state index contributed by atoms with van der Waals surface area (Å²) in [4.78, 5) is 43.7. The Morgan fingerprint density at radius 3 is 2.27 bits per heavy atom. The van der Waals surface area contributed by atoms with Crippen molar-refractivity contribution < 1.29 is 33.0 Å². The molecule has 4 atom stereocenters. The third-order valence-electron chi connectivity index (χ3n) is 11.0. The predicted octanol–water partition coefficient (Wildman–Crippen LogP) is 5.12. The third-order valence-corrected chi connectivity index (χ3v) is 11.4. The minimum Gasteiger partial charge on any atom is -0.384 e. The Kier molecular flexibility index (Phi) is 17.5. The van der Waals surface area contributed by atoms with E-state index in [1.165, 1.54) is 0 Å². The van der Waals surface area contributed by atoms with E-state index in [9.17, 15) is 19.5 Å². The quantitative estimate of drug-likeness (QED) is 0.0498. The van der Waals surface area contributed by atoms with Crippen LogP contribution < -0.4 is 26.6 Å². The van der Waals surface area contributed by atoms with Crippen molar-refractivity contribution in [1.82, 2.24) is 31.5 Å². The summed E-state index contributed by atoms with van der Waals surface area (Å²) in [6, 6.07) is 25.5. The van der Waals surface area contributed by atoms with Crippen LogP contribution >= 0.6 is 12.2 Å². The van der Waals surface area contributed by atoms with Crippen LogP contribution in [0.3, 0.4) is 0 Å². The van der Waals surface area contributed by atoms with E-state index >= 15 is 8.78 Å². The summed E-state index contributed by atoms with van der Waals surface area (Å²) in [5.41, 5.74) is 1.93. The first-order chi connectivity index (χ1) is 28.8. The zero-order chi connectivity index (χ0) is 43.1. The second-order valence-corrected chi connectivity index (χ2v) is 16.4. The van der Waals surface area contributed by atoms with E-state index in [0.29, 0.717) is 70.2 Å². The van der Waals surface area contributed by atoms with Gasteiger partial charge < -0.3 is 36.4 Å². The summed E-state index contributed by atoms with van der Waals surface area (Å²) in [5, 5.41) is 29.6. The van der Waals surface area contributed by atoms with Crippen LogP contribution in [0.4, 0.5) is 8.78 Å². The highest BCUT2D eigenvalue weighted by Gasteiger charge is 2.50. The maximum absolute atomic E-state index is 15.7. The van der Waals surface area contributed by atoms with Crippen molar-refractivity contribution in [2.45, 2.75) is 76.5 Å². The lowest BCUT2D eigenvalue weighted by Crippen LogP contribution is -2.60. The van der Waals surface area contributed by atoms with Crippen molar-refractivity contribution in [3.63, 3.8) is 0 Å². The van der Waals surface area contributed by atoms with Crippen LogP contribution in [0.5, 0.6) is 0 Å². The molecule has 0 aliphatic carbocycles. The van der Waals surface area contributed by atoms with Crippen molar-refractivity contribution in [1.29, 1.82) is 0 Å². The van der Waals surface area contributed by atoms with Crippen molar-refractivity contribution >= 4 is 56.6 Å². The van der Waals surface area contributed by atoms with E-state index in [2.05, 4.69) is 32.7 Å². The molecule has 3 amide bonds. The molecule has 5 rings (SSSR count). The fourth-order valence-corrected chi connectivity index (χ4v) is 7.78. The Bertz CT molecular complexity index is 2040. The van der Waals surface area contributed by atoms with Gasteiger partial charge in [-0.25, -0.2) is 0 Å². The van der Waals surface area contributed by atoms with Gasteiger partial charge in [0.05, 0.1) is 19.3 Å². The van der Waals surface area contributed by atoms with Gasteiger partial charge in [0.2, 0.25) is 11.8 Å². The van der Waals surface area contributed by atoms with E-state index < -0.39 is 41.8 Å². The van der Waals surface area contributed by atoms with Crippen molar-refractivity contribution in [3.05, 3.63) is 96.1 Å². The molecule has 1 aliphatic heterocycles. The molecular formula is C46H60F2N6O5S. The number of hydrogen-bond acceptors (Lipinski definition) is 7. The van der Waals surface area contributed by atoms with Gasteiger partial charge in [-0.3, -0.25) is 19.3 Å². The molecule has 4 unspecified atom stereocenters. The number of aliphatic hydroxyl groups is 1. The van der Waals surface area contributed by atoms with Crippen LogP contribution in [0.2, 0.25) is 0 Å². The molecule has 60 heavy (non-hydrogen) atoms. The molecule has 6 N–H and O–H groups in total. The molecule has 0 saturated carbocycles. The highest BCUT2D eigenvalue weighted by Crippen LogP contribution is 2.27. The van der Waals surface area contributed by atoms with Gasteiger partial charge >= 0.3 is 5.92 Å². The highest BCUT2D eigenvalue weighted by molar-refractivity contribution is 7.80. The zero-order valence-electron chi connectivity index (χ0n) is 34.9. The molecule has 14 heteroatoms. The molecule has 1 heterocycles.